The van der Waals surface area contributed by atoms with E-state index in [0.29, 0.717) is 35.8 Å². The predicted molar refractivity (Wildman–Crippen MR) is 125 cm³/mol. The monoisotopic (exact) mass is 464 g/mol. The topological polar surface area (TPSA) is 91.4 Å². The Kier molecular flexibility index (Phi) is 5.31. The molecule has 2 heterocycles. The number of aromatic nitrogens is 2. The van der Waals surface area contributed by atoms with Crippen LogP contribution in [0, 0.1) is 23.7 Å². The van der Waals surface area contributed by atoms with Gasteiger partial charge in [-0.15, -0.1) is 0 Å². The predicted octanol–water partition coefficient (Wildman–Crippen LogP) is 4.82. The van der Waals surface area contributed by atoms with Gasteiger partial charge in [0.1, 0.15) is 5.60 Å². The first-order chi connectivity index (χ1) is 15.9. The molecule has 2 aromatic carbocycles. The largest absolute Gasteiger partial charge is 0.441 e. The third-order valence-electron chi connectivity index (χ3n) is 6.99. The lowest BCUT2D eigenvalue weighted by Gasteiger charge is -2.44. The highest BCUT2D eigenvalue weighted by atomic mass is 35.5. The summed E-state index contributed by atoms with van der Waals surface area (Å²) < 4.78 is 7.99. The number of nitrogens with zero attached hydrogens (tertiary/aromatic N) is 4. The van der Waals surface area contributed by atoms with Gasteiger partial charge < -0.3 is 14.4 Å². The molecule has 170 valence electrons. The van der Waals surface area contributed by atoms with Crippen LogP contribution < -0.4 is 4.90 Å². The van der Waals surface area contributed by atoms with Crippen molar-refractivity contribution in [2.24, 2.45) is 5.41 Å². The van der Waals surface area contributed by atoms with E-state index in [1.165, 1.54) is 0 Å². The molecule has 2 unspecified atom stereocenters. The lowest BCUT2D eigenvalue weighted by Crippen LogP contribution is -2.47. The molecule has 0 radical (unpaired) electrons. The average molecular weight is 465 g/mol. The lowest BCUT2D eigenvalue weighted by molar-refractivity contribution is -0.0541. The minimum Gasteiger partial charge on any atom is -0.441 e. The van der Waals surface area contributed by atoms with Gasteiger partial charge in [-0.1, -0.05) is 17.7 Å². The first-order valence-electron chi connectivity index (χ1n) is 11.1. The third kappa shape index (κ3) is 3.84. The number of carbonyl (C=O) groups is 1. The molecule has 3 aromatic rings. The van der Waals surface area contributed by atoms with E-state index in [4.69, 9.17) is 16.3 Å². The van der Waals surface area contributed by atoms with Crippen LogP contribution in [-0.4, -0.2) is 39.5 Å². The molecular weight excluding hydrogens is 440 g/mol. The zero-order chi connectivity index (χ0) is 23.2. The molecule has 0 bridgehead atoms. The number of halogens is 1. The van der Waals surface area contributed by atoms with Crippen LogP contribution in [0.15, 0.2) is 42.7 Å². The summed E-state index contributed by atoms with van der Waals surface area (Å²) >= 11 is 6.44. The van der Waals surface area contributed by atoms with Crippen molar-refractivity contribution in [3.8, 4) is 6.07 Å². The van der Waals surface area contributed by atoms with Crippen LogP contribution in [-0.2, 0) is 11.3 Å². The maximum atomic E-state index is 12.9. The Labute approximate surface area is 197 Å². The van der Waals surface area contributed by atoms with Crippen LogP contribution in [0.25, 0.3) is 11.0 Å². The molecule has 7 nitrogen and oxygen atoms in total. The number of anilines is 1. The maximum Gasteiger partial charge on any atom is 0.415 e. The number of amides is 1. The Morgan fingerprint density at radius 1 is 1.27 bits per heavy atom. The van der Waals surface area contributed by atoms with Crippen molar-refractivity contribution in [2.45, 2.75) is 44.8 Å². The molecule has 1 aliphatic heterocycles. The maximum absolute atomic E-state index is 12.9. The molecule has 2 fully saturated rings. The summed E-state index contributed by atoms with van der Waals surface area (Å²) in [6.07, 6.45) is 4.28. The van der Waals surface area contributed by atoms with Crippen LogP contribution in [0.5, 0.6) is 0 Å². The number of hydrogen-bond donors (Lipinski definition) is 1. The fraction of sp³-hybridized carbons (Fsp3) is 0.400. The van der Waals surface area contributed by atoms with Gasteiger partial charge in [0.05, 0.1) is 52.9 Å². The molecular formula is C25H25ClN4O3. The number of aliphatic hydroxyl groups is 1. The van der Waals surface area contributed by atoms with E-state index in [9.17, 15) is 15.2 Å². The van der Waals surface area contributed by atoms with Crippen molar-refractivity contribution in [3.05, 3.63) is 58.9 Å². The van der Waals surface area contributed by atoms with E-state index in [2.05, 4.69) is 11.1 Å². The molecule has 1 N–H and O–H groups in total. The second kappa shape index (κ2) is 8.05. The van der Waals surface area contributed by atoms with Crippen LogP contribution >= 0.6 is 11.6 Å². The van der Waals surface area contributed by atoms with Crippen LogP contribution in [0.4, 0.5) is 10.5 Å². The van der Waals surface area contributed by atoms with Crippen molar-refractivity contribution < 1.29 is 14.6 Å². The first-order valence-corrected chi connectivity index (χ1v) is 11.5. The molecule has 1 amide bonds. The number of imidazole rings is 1. The molecule has 1 aliphatic carbocycles. The highest BCUT2D eigenvalue weighted by molar-refractivity contribution is 6.33. The Bertz CT molecular complexity index is 1280. The SMILES string of the molecule is Cc1ccc(N2CC3(CCCC(CO)(Cn4cnc5ccc(C#N)cc54)C3)OC2=O)c(Cl)c1. The van der Waals surface area contributed by atoms with Crippen molar-refractivity contribution in [2.75, 3.05) is 18.1 Å². The zero-order valence-corrected chi connectivity index (χ0v) is 19.2. The Hall–Kier alpha value is -3.08. The number of fused-ring (bicyclic) bond motifs is 1. The van der Waals surface area contributed by atoms with Gasteiger partial charge in [-0.2, -0.15) is 5.26 Å². The van der Waals surface area contributed by atoms with E-state index in [1.54, 1.807) is 17.3 Å². The van der Waals surface area contributed by atoms with Crippen molar-refractivity contribution in [3.63, 3.8) is 0 Å². The number of ether oxygens (including phenoxy) is 1. The van der Waals surface area contributed by atoms with Gasteiger partial charge in [-0.25, -0.2) is 9.78 Å². The number of benzene rings is 2. The number of aryl methyl sites for hydroxylation is 1. The lowest BCUT2D eigenvalue weighted by atomic mass is 9.67. The molecule has 1 saturated heterocycles. The fourth-order valence-corrected chi connectivity index (χ4v) is 5.78. The third-order valence-corrected chi connectivity index (χ3v) is 7.30. The summed E-state index contributed by atoms with van der Waals surface area (Å²) in [5.41, 5.74) is 2.75. The van der Waals surface area contributed by atoms with E-state index >= 15 is 0 Å². The number of aliphatic hydroxyl groups excluding tert-OH is 1. The van der Waals surface area contributed by atoms with Gasteiger partial charge in [0.25, 0.3) is 0 Å². The first kappa shape index (κ1) is 21.7. The number of hydrogen-bond acceptors (Lipinski definition) is 5. The smallest absolute Gasteiger partial charge is 0.415 e. The minimum absolute atomic E-state index is 0.0325. The highest BCUT2D eigenvalue weighted by Crippen LogP contribution is 2.48. The normalized spacial score (nSPS) is 24.9. The summed E-state index contributed by atoms with van der Waals surface area (Å²) in [6, 6.07) is 13.2. The Morgan fingerprint density at radius 2 is 2.12 bits per heavy atom. The molecule has 33 heavy (non-hydrogen) atoms. The average Bonchev–Trinajstić information content (AvgIpc) is 3.33. The zero-order valence-electron chi connectivity index (χ0n) is 18.4. The van der Waals surface area contributed by atoms with Crippen molar-refractivity contribution in [1.29, 1.82) is 5.26 Å². The molecule has 1 aromatic heterocycles. The van der Waals surface area contributed by atoms with Gasteiger partial charge in [-0.3, -0.25) is 4.90 Å². The quantitative estimate of drug-likeness (QED) is 0.597. The van der Waals surface area contributed by atoms with E-state index < -0.39 is 17.1 Å². The van der Waals surface area contributed by atoms with Crippen LogP contribution in [0.1, 0.15) is 36.8 Å². The van der Waals surface area contributed by atoms with Crippen LogP contribution in [0.2, 0.25) is 5.02 Å². The van der Waals surface area contributed by atoms with Gasteiger partial charge in [0.15, 0.2) is 0 Å². The second-order valence-corrected chi connectivity index (χ2v) is 9.88. The Balaban J connectivity index is 1.43. The standard InChI is InChI=1S/C25H25ClN4O3/c1-17-3-6-21(19(26)9-17)30-14-25(33-23(30)32)8-2-7-24(12-25,15-31)13-29-16-28-20-5-4-18(11-27)10-22(20)29/h3-6,9-10,16,31H,2,7-8,12-15H2,1H3. The van der Waals surface area contributed by atoms with Gasteiger partial charge in [0.2, 0.25) is 0 Å². The van der Waals surface area contributed by atoms with E-state index in [-0.39, 0.29) is 6.61 Å². The number of nitriles is 1. The molecule has 8 heteroatoms. The second-order valence-electron chi connectivity index (χ2n) is 9.47. The highest BCUT2D eigenvalue weighted by Gasteiger charge is 2.53. The van der Waals surface area contributed by atoms with Gasteiger partial charge >= 0.3 is 6.09 Å². The summed E-state index contributed by atoms with van der Waals surface area (Å²) in [6.45, 7) is 2.85. The minimum atomic E-state index is -0.680. The fourth-order valence-electron chi connectivity index (χ4n) is 5.44. The van der Waals surface area contributed by atoms with E-state index in [0.717, 1.165) is 35.9 Å². The number of carbonyl (C=O) groups excluding carboxylic acids is 1. The van der Waals surface area contributed by atoms with Crippen molar-refractivity contribution >= 4 is 34.4 Å². The molecule has 5 rings (SSSR count). The van der Waals surface area contributed by atoms with Crippen LogP contribution in [0.3, 0.4) is 0 Å². The Morgan fingerprint density at radius 3 is 2.88 bits per heavy atom. The van der Waals surface area contributed by atoms with E-state index in [1.807, 2.05) is 41.8 Å². The molecule has 2 atom stereocenters. The summed E-state index contributed by atoms with van der Waals surface area (Å²) in [4.78, 5) is 19.0. The summed E-state index contributed by atoms with van der Waals surface area (Å²) in [7, 11) is 0. The molecule has 2 aliphatic rings. The van der Waals surface area contributed by atoms with Gasteiger partial charge in [-0.05, 0) is 68.5 Å². The van der Waals surface area contributed by atoms with Crippen molar-refractivity contribution in [1.82, 2.24) is 9.55 Å². The summed E-state index contributed by atoms with van der Waals surface area (Å²) in [5, 5.41) is 20.3. The molecule has 1 saturated carbocycles. The number of rotatable bonds is 4. The molecule has 1 spiro atoms. The summed E-state index contributed by atoms with van der Waals surface area (Å²) in [5.74, 6) is 0. The van der Waals surface area contributed by atoms with Gasteiger partial charge in [0, 0.05) is 12.0 Å².